The van der Waals surface area contributed by atoms with E-state index in [9.17, 15) is 4.79 Å². The molecule has 2 N–H and O–H groups in total. The van der Waals surface area contributed by atoms with Crippen molar-refractivity contribution in [2.45, 2.75) is 11.2 Å². The molecule has 0 aromatic heterocycles. The summed E-state index contributed by atoms with van der Waals surface area (Å²) in [6.07, 6.45) is -0.163. The number of amides is 1. The maximum atomic E-state index is 10.2. The Morgan fingerprint density at radius 2 is 2.07 bits per heavy atom. The second-order valence-electron chi connectivity index (χ2n) is 2.97. The molecular formula is C10H12BrNO2. The minimum Gasteiger partial charge on any atom is -0.465 e. The molecule has 1 unspecified atom stereocenters. The average Bonchev–Trinajstić information content (AvgIpc) is 2.16. The van der Waals surface area contributed by atoms with Gasteiger partial charge in [0.2, 0.25) is 0 Å². The number of rotatable bonds is 4. The highest BCUT2D eigenvalue weighted by molar-refractivity contribution is 9.09. The van der Waals surface area contributed by atoms with Crippen molar-refractivity contribution in [1.29, 1.82) is 0 Å². The van der Waals surface area contributed by atoms with Crippen molar-refractivity contribution in [2.24, 2.45) is 0 Å². The summed E-state index contributed by atoms with van der Waals surface area (Å²) in [5, 5.41) is 10.7. The van der Waals surface area contributed by atoms with E-state index >= 15 is 0 Å². The third-order valence-electron chi connectivity index (χ3n) is 1.77. The molecule has 0 saturated carbocycles. The Kier molecular flexibility index (Phi) is 4.46. The van der Waals surface area contributed by atoms with Crippen LogP contribution in [0.5, 0.6) is 0 Å². The number of hydrogen-bond acceptors (Lipinski definition) is 1. The van der Waals surface area contributed by atoms with E-state index < -0.39 is 6.09 Å². The van der Waals surface area contributed by atoms with Gasteiger partial charge in [0.05, 0.1) is 0 Å². The van der Waals surface area contributed by atoms with Gasteiger partial charge in [-0.15, -0.1) is 0 Å². The van der Waals surface area contributed by atoms with Crippen LogP contribution in [0.25, 0.3) is 0 Å². The van der Waals surface area contributed by atoms with Crippen molar-refractivity contribution >= 4 is 22.0 Å². The smallest absolute Gasteiger partial charge is 0.404 e. The van der Waals surface area contributed by atoms with Crippen LogP contribution in [-0.2, 0) is 6.42 Å². The molecular weight excluding hydrogens is 246 g/mol. The first kappa shape index (κ1) is 11.0. The molecule has 1 aromatic carbocycles. The molecule has 0 fully saturated rings. The van der Waals surface area contributed by atoms with E-state index in [1.165, 1.54) is 5.56 Å². The van der Waals surface area contributed by atoms with E-state index in [4.69, 9.17) is 5.11 Å². The molecule has 0 heterocycles. The Balaban J connectivity index is 2.34. The van der Waals surface area contributed by atoms with Crippen LogP contribution in [0, 0.1) is 0 Å². The number of carbonyl (C=O) groups is 1. The summed E-state index contributed by atoms with van der Waals surface area (Å²) in [5.41, 5.74) is 1.20. The lowest BCUT2D eigenvalue weighted by Crippen LogP contribution is -2.28. The number of carboxylic acid groups (broad SMARTS) is 1. The number of alkyl halides is 1. The van der Waals surface area contributed by atoms with E-state index in [2.05, 4.69) is 21.2 Å². The van der Waals surface area contributed by atoms with E-state index in [1.807, 2.05) is 30.3 Å². The van der Waals surface area contributed by atoms with Crippen LogP contribution in [0.2, 0.25) is 0 Å². The Labute approximate surface area is 91.3 Å². The van der Waals surface area contributed by atoms with Crippen molar-refractivity contribution in [3.05, 3.63) is 35.9 Å². The topological polar surface area (TPSA) is 49.3 Å². The predicted octanol–water partition coefficient (Wildman–Crippen LogP) is 2.26. The fourth-order valence-electron chi connectivity index (χ4n) is 1.14. The first-order valence-corrected chi connectivity index (χ1v) is 5.25. The molecule has 1 amide bonds. The zero-order chi connectivity index (χ0) is 10.4. The third-order valence-corrected chi connectivity index (χ3v) is 2.42. The molecule has 1 rings (SSSR count). The normalized spacial score (nSPS) is 12.1. The molecule has 0 aliphatic carbocycles. The standard InChI is InChI=1S/C10H12BrNO2/c11-9(7-12-10(13)14)6-8-4-2-1-3-5-8/h1-5,9,12H,6-7H2,(H,13,14). The van der Waals surface area contributed by atoms with Gasteiger partial charge in [0, 0.05) is 11.4 Å². The lowest BCUT2D eigenvalue weighted by atomic mass is 10.1. The molecule has 0 radical (unpaired) electrons. The Morgan fingerprint density at radius 1 is 1.43 bits per heavy atom. The molecule has 0 aliphatic heterocycles. The van der Waals surface area contributed by atoms with Crippen LogP contribution < -0.4 is 5.32 Å². The quantitative estimate of drug-likeness (QED) is 0.814. The van der Waals surface area contributed by atoms with Crippen LogP contribution in [0.15, 0.2) is 30.3 Å². The van der Waals surface area contributed by atoms with Gasteiger partial charge in [-0.25, -0.2) is 4.79 Å². The molecule has 3 nitrogen and oxygen atoms in total. The van der Waals surface area contributed by atoms with Crippen LogP contribution >= 0.6 is 15.9 Å². The largest absolute Gasteiger partial charge is 0.465 e. The monoisotopic (exact) mass is 257 g/mol. The third kappa shape index (κ3) is 4.28. The minimum atomic E-state index is -0.984. The number of benzene rings is 1. The van der Waals surface area contributed by atoms with E-state index in [0.29, 0.717) is 6.54 Å². The molecule has 1 atom stereocenters. The molecule has 0 bridgehead atoms. The molecule has 4 heteroatoms. The summed E-state index contributed by atoms with van der Waals surface area (Å²) in [6.45, 7) is 0.421. The summed E-state index contributed by atoms with van der Waals surface area (Å²) in [7, 11) is 0. The van der Waals surface area contributed by atoms with Crippen molar-refractivity contribution < 1.29 is 9.90 Å². The molecule has 14 heavy (non-hydrogen) atoms. The van der Waals surface area contributed by atoms with E-state index in [-0.39, 0.29) is 4.83 Å². The molecule has 76 valence electrons. The highest BCUT2D eigenvalue weighted by atomic mass is 79.9. The fraction of sp³-hybridized carbons (Fsp3) is 0.300. The van der Waals surface area contributed by atoms with Gasteiger partial charge < -0.3 is 10.4 Å². The summed E-state index contributed by atoms with van der Waals surface area (Å²) in [6, 6.07) is 9.95. The van der Waals surface area contributed by atoms with Crippen molar-refractivity contribution in [3.8, 4) is 0 Å². The van der Waals surface area contributed by atoms with Crippen LogP contribution in [0.3, 0.4) is 0 Å². The van der Waals surface area contributed by atoms with E-state index in [0.717, 1.165) is 6.42 Å². The molecule has 0 aliphatic rings. The van der Waals surface area contributed by atoms with Crippen LogP contribution in [0.4, 0.5) is 4.79 Å². The van der Waals surface area contributed by atoms with Gasteiger partial charge >= 0.3 is 6.09 Å². The lowest BCUT2D eigenvalue weighted by molar-refractivity contribution is 0.194. The number of halogens is 1. The van der Waals surface area contributed by atoms with Crippen molar-refractivity contribution in [1.82, 2.24) is 5.32 Å². The van der Waals surface area contributed by atoms with Crippen LogP contribution in [0.1, 0.15) is 5.56 Å². The summed E-state index contributed by atoms with van der Waals surface area (Å²) < 4.78 is 0. The van der Waals surface area contributed by atoms with Gasteiger partial charge in [-0.3, -0.25) is 0 Å². The maximum Gasteiger partial charge on any atom is 0.404 e. The second kappa shape index (κ2) is 5.65. The van der Waals surface area contributed by atoms with Gasteiger partial charge in [-0.1, -0.05) is 46.3 Å². The zero-order valence-corrected chi connectivity index (χ0v) is 9.20. The minimum absolute atomic E-state index is 0.140. The van der Waals surface area contributed by atoms with Crippen molar-refractivity contribution in [3.63, 3.8) is 0 Å². The molecule has 1 aromatic rings. The van der Waals surface area contributed by atoms with Gasteiger partial charge in [0.15, 0.2) is 0 Å². The highest BCUT2D eigenvalue weighted by Gasteiger charge is 2.06. The first-order chi connectivity index (χ1) is 6.68. The maximum absolute atomic E-state index is 10.2. The summed E-state index contributed by atoms with van der Waals surface area (Å²) in [4.78, 5) is 10.4. The predicted molar refractivity (Wildman–Crippen MR) is 58.9 cm³/mol. The fourth-order valence-corrected chi connectivity index (χ4v) is 1.68. The highest BCUT2D eigenvalue weighted by Crippen LogP contribution is 2.08. The average molecular weight is 258 g/mol. The summed E-state index contributed by atoms with van der Waals surface area (Å²) >= 11 is 3.42. The summed E-state index contributed by atoms with van der Waals surface area (Å²) in [5.74, 6) is 0. The second-order valence-corrected chi connectivity index (χ2v) is 4.27. The van der Waals surface area contributed by atoms with Gasteiger partial charge in [0.1, 0.15) is 0 Å². The zero-order valence-electron chi connectivity index (χ0n) is 7.61. The number of hydrogen-bond donors (Lipinski definition) is 2. The first-order valence-electron chi connectivity index (χ1n) is 4.33. The lowest BCUT2D eigenvalue weighted by Gasteiger charge is -2.09. The van der Waals surface area contributed by atoms with Gasteiger partial charge in [0.25, 0.3) is 0 Å². The Hall–Kier alpha value is -1.03. The Bertz CT molecular complexity index is 289. The number of nitrogens with one attached hydrogen (secondary N) is 1. The molecule has 0 saturated heterocycles. The molecule has 0 spiro atoms. The van der Waals surface area contributed by atoms with Gasteiger partial charge in [-0.2, -0.15) is 0 Å². The van der Waals surface area contributed by atoms with E-state index in [1.54, 1.807) is 0 Å². The SMILES string of the molecule is O=C(O)NCC(Br)Cc1ccccc1. The van der Waals surface area contributed by atoms with Crippen molar-refractivity contribution in [2.75, 3.05) is 6.54 Å². The van der Waals surface area contributed by atoms with Gasteiger partial charge in [-0.05, 0) is 12.0 Å². The Morgan fingerprint density at radius 3 is 2.64 bits per heavy atom. The van der Waals surface area contributed by atoms with Crippen LogP contribution in [-0.4, -0.2) is 22.6 Å².